The lowest BCUT2D eigenvalue weighted by Gasteiger charge is -2.43. The van der Waals surface area contributed by atoms with Crippen molar-refractivity contribution in [2.75, 3.05) is 66.0 Å². The number of rotatable bonds is 6. The van der Waals surface area contributed by atoms with Gasteiger partial charge in [-0.1, -0.05) is 12.1 Å². The van der Waals surface area contributed by atoms with Gasteiger partial charge in [-0.05, 0) is 51.9 Å². The van der Waals surface area contributed by atoms with Gasteiger partial charge in [0.05, 0.1) is 12.8 Å². The molecule has 1 aromatic carbocycles. The van der Waals surface area contributed by atoms with E-state index >= 15 is 0 Å². The van der Waals surface area contributed by atoms with Crippen molar-refractivity contribution in [3.8, 4) is 5.75 Å². The second kappa shape index (κ2) is 10.2. The Morgan fingerprint density at radius 3 is 2.76 bits per heavy atom. The van der Waals surface area contributed by atoms with E-state index in [0.29, 0.717) is 6.04 Å². The van der Waals surface area contributed by atoms with Crippen molar-refractivity contribution in [2.24, 2.45) is 4.99 Å². The average molecular weight is 404 g/mol. The number of methoxy groups -OCH3 is 1. The average Bonchev–Trinajstić information content (AvgIpc) is 2.77. The summed E-state index contributed by atoms with van der Waals surface area (Å²) in [5, 5.41) is 7.23. The number of nitrogens with zero attached hydrogens (tertiary/aromatic N) is 3. The number of piperidine rings is 1. The standard InChI is InChI=1S/C22H37N5O2/c1-23-21(24-17-22(26(2)3)11-14-29-15-12-22)25-18-8-7-13-27(16-18)19-9-5-6-10-20(19)28-4/h5-6,9-10,18H,7-8,11-17H2,1-4H3,(H2,23,24,25). The van der Waals surface area contributed by atoms with Gasteiger partial charge in [-0.2, -0.15) is 0 Å². The molecular weight excluding hydrogens is 366 g/mol. The van der Waals surface area contributed by atoms with Gasteiger partial charge in [0.1, 0.15) is 5.75 Å². The lowest BCUT2D eigenvalue weighted by atomic mass is 9.88. The van der Waals surface area contributed by atoms with Crippen LogP contribution in [-0.4, -0.2) is 83.5 Å². The third kappa shape index (κ3) is 5.34. The van der Waals surface area contributed by atoms with Crippen LogP contribution in [0.5, 0.6) is 5.75 Å². The molecule has 0 bridgehead atoms. The predicted octanol–water partition coefficient (Wildman–Crippen LogP) is 1.94. The highest BCUT2D eigenvalue weighted by atomic mass is 16.5. The van der Waals surface area contributed by atoms with Crippen LogP contribution in [0, 0.1) is 0 Å². The van der Waals surface area contributed by atoms with E-state index in [1.54, 1.807) is 7.11 Å². The Kier molecular flexibility index (Phi) is 7.61. The van der Waals surface area contributed by atoms with Crippen LogP contribution in [0.3, 0.4) is 0 Å². The monoisotopic (exact) mass is 403 g/mol. The first-order valence-corrected chi connectivity index (χ1v) is 10.7. The van der Waals surface area contributed by atoms with E-state index < -0.39 is 0 Å². The quantitative estimate of drug-likeness (QED) is 0.559. The smallest absolute Gasteiger partial charge is 0.191 e. The normalized spacial score (nSPS) is 22.4. The summed E-state index contributed by atoms with van der Waals surface area (Å²) >= 11 is 0. The Balaban J connectivity index is 1.59. The molecule has 1 aromatic rings. The molecule has 2 saturated heterocycles. The summed E-state index contributed by atoms with van der Waals surface area (Å²) in [5.41, 5.74) is 1.28. The van der Waals surface area contributed by atoms with E-state index in [0.717, 1.165) is 70.2 Å². The molecule has 162 valence electrons. The highest BCUT2D eigenvalue weighted by Crippen LogP contribution is 2.30. The lowest BCUT2D eigenvalue weighted by molar-refractivity contribution is -0.00503. The molecular formula is C22H37N5O2. The number of ether oxygens (including phenoxy) is 2. The van der Waals surface area contributed by atoms with Crippen LogP contribution < -0.4 is 20.3 Å². The molecule has 1 unspecified atom stereocenters. The third-order valence-electron chi connectivity index (χ3n) is 6.37. The maximum atomic E-state index is 5.59. The van der Waals surface area contributed by atoms with Crippen LogP contribution in [-0.2, 0) is 4.74 Å². The molecule has 3 rings (SSSR count). The fraction of sp³-hybridized carbons (Fsp3) is 0.682. The number of aliphatic imine (C=N–C) groups is 1. The molecule has 1 atom stereocenters. The van der Waals surface area contributed by atoms with Gasteiger partial charge in [0.15, 0.2) is 5.96 Å². The molecule has 0 aromatic heterocycles. The number of hydrogen-bond acceptors (Lipinski definition) is 5. The van der Waals surface area contributed by atoms with Crippen LogP contribution in [0.4, 0.5) is 5.69 Å². The van der Waals surface area contributed by atoms with Crippen LogP contribution in [0.1, 0.15) is 25.7 Å². The summed E-state index contributed by atoms with van der Waals surface area (Å²) in [6, 6.07) is 8.61. The van der Waals surface area contributed by atoms with Gasteiger partial charge in [0, 0.05) is 51.5 Å². The summed E-state index contributed by atoms with van der Waals surface area (Å²) in [6.45, 7) is 4.50. The molecule has 0 aliphatic carbocycles. The zero-order chi connectivity index (χ0) is 20.7. The minimum atomic E-state index is 0.117. The first-order chi connectivity index (χ1) is 14.1. The molecule has 0 amide bonds. The summed E-state index contributed by atoms with van der Waals surface area (Å²) in [6.07, 6.45) is 4.36. The van der Waals surface area contributed by atoms with Crippen LogP contribution in [0.25, 0.3) is 0 Å². The van der Waals surface area contributed by atoms with E-state index in [2.05, 4.69) is 51.7 Å². The number of benzene rings is 1. The van der Waals surface area contributed by atoms with E-state index in [9.17, 15) is 0 Å². The summed E-state index contributed by atoms with van der Waals surface area (Å²) in [7, 11) is 7.91. The van der Waals surface area contributed by atoms with E-state index in [1.807, 2.05) is 19.2 Å². The van der Waals surface area contributed by atoms with E-state index in [4.69, 9.17) is 9.47 Å². The molecule has 2 aliphatic rings. The van der Waals surface area contributed by atoms with Gasteiger partial charge in [0.25, 0.3) is 0 Å². The minimum absolute atomic E-state index is 0.117. The van der Waals surface area contributed by atoms with Crippen molar-refractivity contribution in [1.29, 1.82) is 0 Å². The topological polar surface area (TPSA) is 61.4 Å². The third-order valence-corrected chi connectivity index (χ3v) is 6.37. The first kappa shape index (κ1) is 21.7. The molecule has 0 saturated carbocycles. The Labute approximate surface area is 175 Å². The fourth-order valence-corrected chi connectivity index (χ4v) is 4.37. The second-order valence-electron chi connectivity index (χ2n) is 8.26. The van der Waals surface area contributed by atoms with Gasteiger partial charge in [-0.15, -0.1) is 0 Å². The highest BCUT2D eigenvalue weighted by molar-refractivity contribution is 5.80. The number of anilines is 1. The van der Waals surface area contributed by atoms with Crippen molar-refractivity contribution in [3.63, 3.8) is 0 Å². The van der Waals surface area contributed by atoms with Gasteiger partial charge >= 0.3 is 0 Å². The Hall–Kier alpha value is -1.99. The van der Waals surface area contributed by atoms with Gasteiger partial charge in [0.2, 0.25) is 0 Å². The number of likely N-dealkylation sites (N-methyl/N-ethyl adjacent to an activating group) is 1. The van der Waals surface area contributed by atoms with Gasteiger partial charge in [-0.3, -0.25) is 4.99 Å². The molecule has 2 fully saturated rings. The summed E-state index contributed by atoms with van der Waals surface area (Å²) < 4.78 is 11.1. The van der Waals surface area contributed by atoms with Crippen LogP contribution in [0.15, 0.2) is 29.3 Å². The molecule has 29 heavy (non-hydrogen) atoms. The van der Waals surface area contributed by atoms with E-state index in [1.165, 1.54) is 5.69 Å². The fourth-order valence-electron chi connectivity index (χ4n) is 4.37. The van der Waals surface area contributed by atoms with Crippen molar-refractivity contribution in [1.82, 2.24) is 15.5 Å². The number of guanidine groups is 1. The van der Waals surface area contributed by atoms with Crippen molar-refractivity contribution < 1.29 is 9.47 Å². The molecule has 0 radical (unpaired) electrons. The first-order valence-electron chi connectivity index (χ1n) is 10.7. The molecule has 2 heterocycles. The lowest BCUT2D eigenvalue weighted by Crippen LogP contribution is -2.58. The van der Waals surface area contributed by atoms with Crippen molar-refractivity contribution >= 4 is 11.6 Å². The van der Waals surface area contributed by atoms with Crippen molar-refractivity contribution in [3.05, 3.63) is 24.3 Å². The van der Waals surface area contributed by atoms with Crippen LogP contribution in [0.2, 0.25) is 0 Å². The molecule has 7 nitrogen and oxygen atoms in total. The van der Waals surface area contributed by atoms with Gasteiger partial charge in [-0.25, -0.2) is 0 Å². The van der Waals surface area contributed by atoms with E-state index in [-0.39, 0.29) is 5.54 Å². The second-order valence-corrected chi connectivity index (χ2v) is 8.26. The summed E-state index contributed by atoms with van der Waals surface area (Å²) in [5.74, 6) is 1.81. The maximum Gasteiger partial charge on any atom is 0.191 e. The molecule has 7 heteroatoms. The van der Waals surface area contributed by atoms with Crippen molar-refractivity contribution in [2.45, 2.75) is 37.3 Å². The zero-order valence-electron chi connectivity index (χ0n) is 18.4. The highest BCUT2D eigenvalue weighted by Gasteiger charge is 2.35. The SMILES string of the molecule is CN=C(NCC1(N(C)C)CCOCC1)NC1CCCN(c2ccccc2OC)C1. The Bertz CT molecular complexity index is 673. The maximum absolute atomic E-state index is 5.59. The minimum Gasteiger partial charge on any atom is -0.495 e. The molecule has 2 aliphatic heterocycles. The number of hydrogen-bond donors (Lipinski definition) is 2. The van der Waals surface area contributed by atoms with Crippen LogP contribution >= 0.6 is 0 Å². The molecule has 0 spiro atoms. The number of nitrogens with one attached hydrogen (secondary N) is 2. The molecule has 2 N–H and O–H groups in total. The Morgan fingerprint density at radius 2 is 2.07 bits per heavy atom. The summed E-state index contributed by atoms with van der Waals surface area (Å²) in [4.78, 5) is 9.23. The number of para-hydroxylation sites is 2. The zero-order valence-corrected chi connectivity index (χ0v) is 18.4. The largest absolute Gasteiger partial charge is 0.495 e. The van der Waals surface area contributed by atoms with Gasteiger partial charge < -0.3 is 29.9 Å². The predicted molar refractivity (Wildman–Crippen MR) is 119 cm³/mol. The Morgan fingerprint density at radius 1 is 1.31 bits per heavy atom.